The Bertz CT molecular complexity index is 743. The molecule has 1 aromatic heterocycles. The molecule has 0 saturated heterocycles. The van der Waals surface area contributed by atoms with Crippen LogP contribution in [-0.4, -0.2) is 17.5 Å². The number of benzene rings is 1. The zero-order valence-electron chi connectivity index (χ0n) is 12.1. The van der Waals surface area contributed by atoms with Gasteiger partial charge in [0.1, 0.15) is 11.9 Å². The Hall–Kier alpha value is -2.39. The number of aromatic nitrogens is 1. The molecule has 3 rings (SSSR count). The van der Waals surface area contributed by atoms with Crippen molar-refractivity contribution in [2.24, 2.45) is 0 Å². The molecule has 1 aromatic carbocycles. The minimum atomic E-state index is 0.000278. The Balaban J connectivity index is 2.05. The standard InChI is InChI=1S/C16H15N3O2S/c1-2-22-15(12-5-10(7-17)8-19-16(12)18)11-3-4-13-14(6-11)21-9-20-13/h3-6,8,15H,2,9H2,1H3,(H2,18,19). The van der Waals surface area contributed by atoms with Gasteiger partial charge in [0.15, 0.2) is 11.5 Å². The maximum atomic E-state index is 9.09. The van der Waals surface area contributed by atoms with Crippen LogP contribution in [0.25, 0.3) is 0 Å². The summed E-state index contributed by atoms with van der Waals surface area (Å²) in [5, 5.41) is 9.09. The molecule has 112 valence electrons. The van der Waals surface area contributed by atoms with Crippen molar-refractivity contribution < 1.29 is 9.47 Å². The van der Waals surface area contributed by atoms with Crippen LogP contribution >= 0.6 is 11.8 Å². The average Bonchev–Trinajstić information content (AvgIpc) is 3.01. The first kappa shape index (κ1) is 14.5. The van der Waals surface area contributed by atoms with Gasteiger partial charge in [-0.1, -0.05) is 13.0 Å². The van der Waals surface area contributed by atoms with Gasteiger partial charge in [0.2, 0.25) is 6.79 Å². The molecule has 0 radical (unpaired) electrons. The quantitative estimate of drug-likeness (QED) is 0.934. The third-order valence-corrected chi connectivity index (χ3v) is 4.59. The van der Waals surface area contributed by atoms with E-state index in [0.717, 1.165) is 28.4 Å². The molecule has 2 N–H and O–H groups in total. The van der Waals surface area contributed by atoms with Crippen molar-refractivity contribution in [3.63, 3.8) is 0 Å². The lowest BCUT2D eigenvalue weighted by Crippen LogP contribution is -2.05. The van der Waals surface area contributed by atoms with Gasteiger partial charge < -0.3 is 15.2 Å². The highest BCUT2D eigenvalue weighted by atomic mass is 32.2. The molecular weight excluding hydrogens is 298 g/mol. The number of anilines is 1. The summed E-state index contributed by atoms with van der Waals surface area (Å²) in [5.41, 5.74) is 8.45. The fourth-order valence-corrected chi connectivity index (χ4v) is 3.41. The second kappa shape index (κ2) is 6.16. The van der Waals surface area contributed by atoms with E-state index in [9.17, 15) is 0 Å². The Morgan fingerprint density at radius 2 is 2.18 bits per heavy atom. The number of hydrogen-bond acceptors (Lipinski definition) is 6. The molecule has 1 aliphatic heterocycles. The monoisotopic (exact) mass is 313 g/mol. The summed E-state index contributed by atoms with van der Waals surface area (Å²) in [7, 11) is 0. The van der Waals surface area contributed by atoms with Crippen LogP contribution in [0.1, 0.15) is 28.9 Å². The molecule has 1 unspecified atom stereocenters. The summed E-state index contributed by atoms with van der Waals surface area (Å²) < 4.78 is 10.8. The van der Waals surface area contributed by atoms with Crippen molar-refractivity contribution in [2.45, 2.75) is 12.2 Å². The van der Waals surface area contributed by atoms with Crippen molar-refractivity contribution in [1.29, 1.82) is 5.26 Å². The smallest absolute Gasteiger partial charge is 0.231 e. The van der Waals surface area contributed by atoms with Crippen molar-refractivity contribution in [3.05, 3.63) is 47.2 Å². The molecule has 0 saturated carbocycles. The Morgan fingerprint density at radius 1 is 1.36 bits per heavy atom. The minimum absolute atomic E-state index is 0.000278. The number of nitrogens with zero attached hydrogens (tertiary/aromatic N) is 2. The molecule has 1 aliphatic rings. The van der Waals surface area contributed by atoms with Crippen LogP contribution in [0.4, 0.5) is 5.82 Å². The molecular formula is C16H15N3O2S. The number of hydrogen-bond donors (Lipinski definition) is 1. The summed E-state index contributed by atoms with van der Waals surface area (Å²) in [5.74, 6) is 2.85. The molecule has 0 bridgehead atoms. The largest absolute Gasteiger partial charge is 0.454 e. The lowest BCUT2D eigenvalue weighted by Gasteiger charge is -2.18. The van der Waals surface area contributed by atoms with Crippen LogP contribution in [0, 0.1) is 11.3 Å². The number of ether oxygens (including phenoxy) is 2. The molecule has 5 nitrogen and oxygen atoms in total. The van der Waals surface area contributed by atoms with Crippen LogP contribution in [0.2, 0.25) is 0 Å². The summed E-state index contributed by atoms with van der Waals surface area (Å²) >= 11 is 1.74. The van der Waals surface area contributed by atoms with Crippen molar-refractivity contribution in [2.75, 3.05) is 18.3 Å². The van der Waals surface area contributed by atoms with Gasteiger partial charge in [0.25, 0.3) is 0 Å². The minimum Gasteiger partial charge on any atom is -0.454 e. The lowest BCUT2D eigenvalue weighted by molar-refractivity contribution is 0.174. The van der Waals surface area contributed by atoms with Crippen molar-refractivity contribution >= 4 is 17.6 Å². The fraction of sp³-hybridized carbons (Fsp3) is 0.250. The highest BCUT2D eigenvalue weighted by Crippen LogP contribution is 2.42. The highest BCUT2D eigenvalue weighted by molar-refractivity contribution is 7.99. The van der Waals surface area contributed by atoms with Crippen LogP contribution in [0.15, 0.2) is 30.5 Å². The number of rotatable bonds is 4. The maximum absolute atomic E-state index is 9.09. The third-order valence-electron chi connectivity index (χ3n) is 3.39. The zero-order valence-corrected chi connectivity index (χ0v) is 12.9. The first-order valence-electron chi connectivity index (χ1n) is 6.89. The molecule has 0 aliphatic carbocycles. The van der Waals surface area contributed by atoms with Crippen LogP contribution in [0.3, 0.4) is 0 Å². The predicted molar refractivity (Wildman–Crippen MR) is 85.9 cm³/mol. The first-order chi connectivity index (χ1) is 10.7. The van der Waals surface area contributed by atoms with Crippen LogP contribution in [-0.2, 0) is 0 Å². The van der Waals surface area contributed by atoms with E-state index in [1.54, 1.807) is 17.8 Å². The van der Waals surface area contributed by atoms with Crippen LogP contribution in [0.5, 0.6) is 11.5 Å². The zero-order chi connectivity index (χ0) is 15.5. The van der Waals surface area contributed by atoms with Gasteiger partial charge in [-0.15, -0.1) is 11.8 Å². The normalized spacial score (nSPS) is 13.6. The highest BCUT2D eigenvalue weighted by Gasteiger charge is 2.22. The van der Waals surface area contributed by atoms with E-state index in [-0.39, 0.29) is 12.0 Å². The molecule has 2 heterocycles. The fourth-order valence-electron chi connectivity index (χ4n) is 2.37. The van der Waals surface area contributed by atoms with E-state index in [1.807, 2.05) is 18.2 Å². The second-order valence-electron chi connectivity index (χ2n) is 4.76. The van der Waals surface area contributed by atoms with E-state index in [4.69, 9.17) is 20.5 Å². The Labute approximate surface area is 133 Å². The van der Waals surface area contributed by atoms with Gasteiger partial charge in [-0.3, -0.25) is 0 Å². The van der Waals surface area contributed by atoms with Gasteiger partial charge in [0.05, 0.1) is 10.8 Å². The van der Waals surface area contributed by atoms with E-state index in [2.05, 4.69) is 18.0 Å². The van der Waals surface area contributed by atoms with E-state index in [1.165, 1.54) is 6.20 Å². The number of nitrogen functional groups attached to an aromatic ring is 1. The number of pyridine rings is 1. The van der Waals surface area contributed by atoms with E-state index >= 15 is 0 Å². The number of fused-ring (bicyclic) bond motifs is 1. The first-order valence-corrected chi connectivity index (χ1v) is 7.94. The summed E-state index contributed by atoms with van der Waals surface area (Å²) in [6.07, 6.45) is 1.49. The molecule has 22 heavy (non-hydrogen) atoms. The Morgan fingerprint density at radius 3 is 2.95 bits per heavy atom. The summed E-state index contributed by atoms with van der Waals surface area (Å²) in [6, 6.07) is 9.79. The van der Waals surface area contributed by atoms with Gasteiger partial charge in [-0.05, 0) is 29.5 Å². The average molecular weight is 313 g/mol. The SMILES string of the molecule is CCSC(c1ccc2c(c1)OCO2)c1cc(C#N)cnc1N. The topological polar surface area (TPSA) is 81.2 Å². The maximum Gasteiger partial charge on any atom is 0.231 e. The number of nitrogens with two attached hydrogens (primary N) is 1. The van der Waals surface area contributed by atoms with Gasteiger partial charge in [0, 0.05) is 11.8 Å². The summed E-state index contributed by atoms with van der Waals surface area (Å²) in [4.78, 5) is 4.14. The number of nitriles is 1. The van der Waals surface area contributed by atoms with E-state index in [0.29, 0.717) is 11.4 Å². The number of thioether (sulfide) groups is 1. The van der Waals surface area contributed by atoms with E-state index < -0.39 is 0 Å². The lowest BCUT2D eigenvalue weighted by atomic mass is 10.0. The van der Waals surface area contributed by atoms with Gasteiger partial charge >= 0.3 is 0 Å². The van der Waals surface area contributed by atoms with Crippen molar-refractivity contribution in [3.8, 4) is 17.6 Å². The second-order valence-corrected chi connectivity index (χ2v) is 6.14. The molecule has 6 heteroatoms. The third kappa shape index (κ3) is 2.68. The molecule has 0 fully saturated rings. The van der Waals surface area contributed by atoms with Crippen molar-refractivity contribution in [1.82, 2.24) is 4.98 Å². The van der Waals surface area contributed by atoms with Crippen LogP contribution < -0.4 is 15.2 Å². The van der Waals surface area contributed by atoms with Gasteiger partial charge in [-0.25, -0.2) is 4.98 Å². The predicted octanol–water partition coefficient (Wildman–Crippen LogP) is 3.11. The molecule has 0 spiro atoms. The molecule has 1 atom stereocenters. The summed E-state index contributed by atoms with van der Waals surface area (Å²) in [6.45, 7) is 2.33. The van der Waals surface area contributed by atoms with Gasteiger partial charge in [-0.2, -0.15) is 5.26 Å². The molecule has 0 amide bonds. The molecule has 2 aromatic rings. The Kier molecular flexibility index (Phi) is 4.07.